The van der Waals surface area contributed by atoms with E-state index in [0.717, 1.165) is 38.4 Å². The smallest absolute Gasteiger partial charge is 0.225 e. The molecule has 3 aliphatic heterocycles. The standard InChI is InChI=1S/C20H31N5O/c26-19(17-7-4-13-25(15-17)20-21-9-5-10-22-20)23-14-16-6-3-12-24-11-2-1-8-18(16)24/h5,9-10,16-18H,1-4,6-8,11-15H2,(H,23,26). The van der Waals surface area contributed by atoms with E-state index in [0.29, 0.717) is 12.0 Å². The summed E-state index contributed by atoms with van der Waals surface area (Å²) in [7, 11) is 0. The van der Waals surface area contributed by atoms with E-state index in [1.165, 1.54) is 45.2 Å². The number of piperidine rings is 3. The number of hydrogen-bond donors (Lipinski definition) is 1. The second kappa shape index (κ2) is 8.33. The van der Waals surface area contributed by atoms with Crippen LogP contribution >= 0.6 is 0 Å². The highest BCUT2D eigenvalue weighted by atomic mass is 16.1. The molecule has 0 aromatic carbocycles. The van der Waals surface area contributed by atoms with Crippen LogP contribution in [0.2, 0.25) is 0 Å². The molecule has 4 heterocycles. The Hall–Kier alpha value is -1.69. The van der Waals surface area contributed by atoms with Crippen LogP contribution in [0.4, 0.5) is 5.95 Å². The summed E-state index contributed by atoms with van der Waals surface area (Å²) in [5, 5.41) is 3.29. The van der Waals surface area contributed by atoms with Gasteiger partial charge in [-0.1, -0.05) is 6.42 Å². The fourth-order valence-corrected chi connectivity index (χ4v) is 5.02. The first-order valence-electron chi connectivity index (χ1n) is 10.3. The summed E-state index contributed by atoms with van der Waals surface area (Å²) in [4.78, 5) is 26.3. The monoisotopic (exact) mass is 357 g/mol. The van der Waals surface area contributed by atoms with Gasteiger partial charge in [0.05, 0.1) is 5.92 Å². The molecular formula is C20H31N5O. The number of hydrogen-bond acceptors (Lipinski definition) is 5. The van der Waals surface area contributed by atoms with Crippen molar-refractivity contribution in [1.29, 1.82) is 0 Å². The van der Waals surface area contributed by atoms with Gasteiger partial charge in [0.25, 0.3) is 0 Å². The van der Waals surface area contributed by atoms with Crippen molar-refractivity contribution in [1.82, 2.24) is 20.2 Å². The second-order valence-electron chi connectivity index (χ2n) is 8.08. The molecule has 0 spiro atoms. The fraction of sp³-hybridized carbons (Fsp3) is 0.750. The van der Waals surface area contributed by atoms with Crippen molar-refractivity contribution in [3.05, 3.63) is 18.5 Å². The molecule has 1 aromatic heterocycles. The first-order valence-corrected chi connectivity index (χ1v) is 10.3. The maximum absolute atomic E-state index is 12.8. The van der Waals surface area contributed by atoms with Gasteiger partial charge in [0.2, 0.25) is 11.9 Å². The lowest BCUT2D eigenvalue weighted by Crippen LogP contribution is -2.52. The number of nitrogens with zero attached hydrogens (tertiary/aromatic N) is 4. The van der Waals surface area contributed by atoms with Crippen molar-refractivity contribution in [2.75, 3.05) is 37.6 Å². The van der Waals surface area contributed by atoms with E-state index in [2.05, 4.69) is 25.1 Å². The first kappa shape index (κ1) is 17.7. The normalized spacial score (nSPS) is 29.8. The highest BCUT2D eigenvalue weighted by molar-refractivity contribution is 5.79. The van der Waals surface area contributed by atoms with E-state index in [1.807, 2.05) is 6.07 Å². The van der Waals surface area contributed by atoms with Crippen LogP contribution in [0, 0.1) is 11.8 Å². The van der Waals surface area contributed by atoms with Crippen LogP contribution in [0.15, 0.2) is 18.5 Å². The molecule has 6 nitrogen and oxygen atoms in total. The van der Waals surface area contributed by atoms with Gasteiger partial charge in [0, 0.05) is 38.1 Å². The van der Waals surface area contributed by atoms with Crippen LogP contribution in [-0.2, 0) is 4.79 Å². The average Bonchev–Trinajstić information content (AvgIpc) is 2.72. The molecule has 3 saturated heterocycles. The molecule has 3 atom stereocenters. The quantitative estimate of drug-likeness (QED) is 0.894. The molecule has 1 amide bonds. The number of anilines is 1. The Morgan fingerprint density at radius 1 is 1.04 bits per heavy atom. The molecule has 3 aliphatic rings. The molecule has 6 heteroatoms. The van der Waals surface area contributed by atoms with Gasteiger partial charge in [0.1, 0.15) is 0 Å². The molecule has 0 saturated carbocycles. The van der Waals surface area contributed by atoms with Gasteiger partial charge in [-0.05, 0) is 63.6 Å². The van der Waals surface area contributed by atoms with Crippen LogP contribution in [0.3, 0.4) is 0 Å². The average molecular weight is 358 g/mol. The molecule has 4 rings (SSSR count). The Morgan fingerprint density at radius 3 is 2.73 bits per heavy atom. The summed E-state index contributed by atoms with van der Waals surface area (Å²) >= 11 is 0. The maximum Gasteiger partial charge on any atom is 0.225 e. The van der Waals surface area contributed by atoms with Crippen molar-refractivity contribution >= 4 is 11.9 Å². The highest BCUT2D eigenvalue weighted by Gasteiger charge is 2.34. The summed E-state index contributed by atoms with van der Waals surface area (Å²) in [6, 6.07) is 2.52. The van der Waals surface area contributed by atoms with Crippen molar-refractivity contribution < 1.29 is 4.79 Å². The van der Waals surface area contributed by atoms with Crippen LogP contribution in [0.5, 0.6) is 0 Å². The molecule has 3 unspecified atom stereocenters. The Balaban J connectivity index is 1.30. The summed E-state index contributed by atoms with van der Waals surface area (Å²) < 4.78 is 0. The SMILES string of the molecule is O=C(NCC1CCCN2CCCCC12)C1CCCN(c2ncccn2)C1. The molecule has 0 bridgehead atoms. The topological polar surface area (TPSA) is 61.4 Å². The van der Waals surface area contributed by atoms with Crippen molar-refractivity contribution in [3.63, 3.8) is 0 Å². The molecule has 0 aliphatic carbocycles. The Morgan fingerprint density at radius 2 is 1.85 bits per heavy atom. The van der Waals surface area contributed by atoms with Gasteiger partial charge < -0.3 is 15.1 Å². The minimum absolute atomic E-state index is 0.0543. The molecule has 0 radical (unpaired) electrons. The lowest BCUT2D eigenvalue weighted by atomic mass is 9.83. The molecule has 26 heavy (non-hydrogen) atoms. The number of carbonyl (C=O) groups excluding carboxylic acids is 1. The largest absolute Gasteiger partial charge is 0.355 e. The maximum atomic E-state index is 12.8. The lowest BCUT2D eigenvalue weighted by Gasteiger charge is -2.44. The second-order valence-corrected chi connectivity index (χ2v) is 8.08. The number of fused-ring (bicyclic) bond motifs is 1. The molecule has 1 N–H and O–H groups in total. The van der Waals surface area contributed by atoms with Crippen LogP contribution < -0.4 is 10.2 Å². The van der Waals surface area contributed by atoms with Gasteiger partial charge in [-0.3, -0.25) is 4.79 Å². The third kappa shape index (κ3) is 4.00. The number of aromatic nitrogens is 2. The minimum Gasteiger partial charge on any atom is -0.355 e. The van der Waals surface area contributed by atoms with E-state index in [4.69, 9.17) is 0 Å². The Labute approximate surface area is 156 Å². The first-order chi connectivity index (χ1) is 12.8. The molecule has 1 aromatic rings. The van der Waals surface area contributed by atoms with E-state index < -0.39 is 0 Å². The predicted molar refractivity (Wildman–Crippen MR) is 102 cm³/mol. The highest BCUT2D eigenvalue weighted by Crippen LogP contribution is 2.30. The Kier molecular flexibility index (Phi) is 5.68. The zero-order chi connectivity index (χ0) is 17.8. The van der Waals surface area contributed by atoms with Gasteiger partial charge >= 0.3 is 0 Å². The van der Waals surface area contributed by atoms with Crippen LogP contribution in [0.1, 0.15) is 44.9 Å². The van der Waals surface area contributed by atoms with Crippen molar-refractivity contribution in [2.45, 2.75) is 51.0 Å². The predicted octanol–water partition coefficient (Wildman–Crippen LogP) is 2.07. The van der Waals surface area contributed by atoms with Crippen molar-refractivity contribution in [2.24, 2.45) is 11.8 Å². The Bertz CT molecular complexity index is 593. The number of carbonyl (C=O) groups is 1. The number of amides is 1. The number of nitrogens with one attached hydrogen (secondary N) is 1. The molecule has 142 valence electrons. The minimum atomic E-state index is 0.0543. The zero-order valence-electron chi connectivity index (χ0n) is 15.6. The summed E-state index contributed by atoms with van der Waals surface area (Å²) in [6.45, 7) is 5.02. The van der Waals surface area contributed by atoms with E-state index in [-0.39, 0.29) is 11.8 Å². The van der Waals surface area contributed by atoms with Crippen molar-refractivity contribution in [3.8, 4) is 0 Å². The lowest BCUT2D eigenvalue weighted by molar-refractivity contribution is -0.125. The summed E-state index contributed by atoms with van der Waals surface area (Å²) in [5.41, 5.74) is 0. The van der Waals surface area contributed by atoms with E-state index >= 15 is 0 Å². The van der Waals surface area contributed by atoms with Crippen LogP contribution in [-0.4, -0.2) is 59.5 Å². The fourth-order valence-electron chi connectivity index (χ4n) is 5.02. The van der Waals surface area contributed by atoms with Crippen LogP contribution in [0.25, 0.3) is 0 Å². The molecular weight excluding hydrogens is 326 g/mol. The third-order valence-electron chi connectivity index (χ3n) is 6.39. The van der Waals surface area contributed by atoms with Gasteiger partial charge in [0.15, 0.2) is 0 Å². The zero-order valence-corrected chi connectivity index (χ0v) is 15.6. The van der Waals surface area contributed by atoms with E-state index in [9.17, 15) is 4.79 Å². The number of rotatable bonds is 4. The summed E-state index contributed by atoms with van der Waals surface area (Å²) in [5.74, 6) is 1.65. The van der Waals surface area contributed by atoms with Gasteiger partial charge in [-0.2, -0.15) is 0 Å². The van der Waals surface area contributed by atoms with Gasteiger partial charge in [-0.15, -0.1) is 0 Å². The summed E-state index contributed by atoms with van der Waals surface area (Å²) in [6.07, 6.45) is 12.1. The van der Waals surface area contributed by atoms with Gasteiger partial charge in [-0.25, -0.2) is 9.97 Å². The third-order valence-corrected chi connectivity index (χ3v) is 6.39. The van der Waals surface area contributed by atoms with E-state index in [1.54, 1.807) is 12.4 Å². The molecule has 3 fully saturated rings.